The van der Waals surface area contributed by atoms with Crippen molar-refractivity contribution in [1.82, 2.24) is 15.2 Å². The number of hydrogen-bond acceptors (Lipinski definition) is 3. The van der Waals surface area contributed by atoms with Crippen LogP contribution >= 0.6 is 0 Å². The summed E-state index contributed by atoms with van der Waals surface area (Å²) in [4.78, 5) is 27.5. The fourth-order valence-electron chi connectivity index (χ4n) is 1.53. The van der Waals surface area contributed by atoms with Crippen LogP contribution in [0.1, 0.15) is 23.3 Å². The molecule has 1 aliphatic rings. The highest BCUT2D eigenvalue weighted by atomic mass is 16.2. The number of nitrogen functional groups attached to an aromatic ring is 1. The van der Waals surface area contributed by atoms with Gasteiger partial charge in [-0.05, 0) is 18.9 Å². The van der Waals surface area contributed by atoms with Crippen LogP contribution in [0.2, 0.25) is 0 Å². The minimum atomic E-state index is -0.243. The molecule has 0 radical (unpaired) electrons. The van der Waals surface area contributed by atoms with Crippen molar-refractivity contribution < 1.29 is 9.59 Å². The van der Waals surface area contributed by atoms with Crippen LogP contribution in [0.15, 0.2) is 12.3 Å². The Kier molecular flexibility index (Phi) is 3.03. The lowest BCUT2D eigenvalue weighted by Gasteiger charge is -2.15. The Morgan fingerprint density at radius 2 is 2.29 bits per heavy atom. The van der Waals surface area contributed by atoms with Crippen molar-refractivity contribution in [2.75, 3.05) is 19.3 Å². The van der Waals surface area contributed by atoms with E-state index in [0.29, 0.717) is 17.4 Å². The molecule has 6 heteroatoms. The standard InChI is InChI=1S/C11H16N4O2/c1-15(6-10(16)14-8-2-3-8)11(17)9-4-7(12)5-13-9/h4-5,8,13H,2-3,6,12H2,1H3,(H,14,16). The van der Waals surface area contributed by atoms with Gasteiger partial charge in [0.25, 0.3) is 5.91 Å². The van der Waals surface area contributed by atoms with E-state index in [-0.39, 0.29) is 18.4 Å². The second-order valence-corrected chi connectivity index (χ2v) is 4.35. The summed E-state index contributed by atoms with van der Waals surface area (Å²) in [5.41, 5.74) is 6.41. The molecule has 0 unspecified atom stereocenters. The van der Waals surface area contributed by atoms with Gasteiger partial charge in [-0.15, -0.1) is 0 Å². The molecule has 0 saturated heterocycles. The van der Waals surface area contributed by atoms with Crippen molar-refractivity contribution >= 4 is 17.5 Å². The number of carbonyl (C=O) groups is 2. The minimum absolute atomic E-state index is 0.0637. The Balaban J connectivity index is 1.88. The number of carbonyl (C=O) groups excluding carboxylic acids is 2. The highest BCUT2D eigenvalue weighted by Crippen LogP contribution is 2.18. The SMILES string of the molecule is CN(CC(=O)NC1CC1)C(=O)c1cc(N)c[nH]1. The molecule has 92 valence electrons. The van der Waals surface area contributed by atoms with Crippen LogP contribution in [0.25, 0.3) is 0 Å². The summed E-state index contributed by atoms with van der Waals surface area (Å²) in [6.45, 7) is 0.0637. The second-order valence-electron chi connectivity index (χ2n) is 4.35. The summed E-state index contributed by atoms with van der Waals surface area (Å²) in [7, 11) is 1.59. The Bertz CT molecular complexity index is 436. The lowest BCUT2D eigenvalue weighted by molar-refractivity contribution is -0.121. The summed E-state index contributed by atoms with van der Waals surface area (Å²) in [5.74, 6) is -0.365. The fraction of sp³-hybridized carbons (Fsp3) is 0.455. The molecule has 6 nitrogen and oxygen atoms in total. The molecular weight excluding hydrogens is 220 g/mol. The smallest absolute Gasteiger partial charge is 0.270 e. The van der Waals surface area contributed by atoms with E-state index in [1.807, 2.05) is 0 Å². The molecule has 0 atom stereocenters. The van der Waals surface area contributed by atoms with Gasteiger partial charge >= 0.3 is 0 Å². The first-order chi connectivity index (χ1) is 8.06. The van der Waals surface area contributed by atoms with Crippen LogP contribution in [0.4, 0.5) is 5.69 Å². The molecule has 1 fully saturated rings. The average molecular weight is 236 g/mol. The van der Waals surface area contributed by atoms with Gasteiger partial charge in [0.05, 0.1) is 6.54 Å². The van der Waals surface area contributed by atoms with Crippen molar-refractivity contribution in [2.24, 2.45) is 0 Å². The van der Waals surface area contributed by atoms with Crippen LogP contribution in [0, 0.1) is 0 Å². The van der Waals surface area contributed by atoms with Gasteiger partial charge in [0.2, 0.25) is 5.91 Å². The fourth-order valence-corrected chi connectivity index (χ4v) is 1.53. The van der Waals surface area contributed by atoms with Crippen LogP contribution in [-0.2, 0) is 4.79 Å². The quantitative estimate of drug-likeness (QED) is 0.684. The van der Waals surface area contributed by atoms with Crippen molar-refractivity contribution in [3.8, 4) is 0 Å². The van der Waals surface area contributed by atoms with Gasteiger partial charge in [-0.3, -0.25) is 9.59 Å². The number of nitrogens with zero attached hydrogens (tertiary/aromatic N) is 1. The third kappa shape index (κ3) is 2.99. The van der Waals surface area contributed by atoms with Crippen LogP contribution < -0.4 is 11.1 Å². The molecule has 1 heterocycles. The Labute approximate surface area is 99.2 Å². The van der Waals surface area contributed by atoms with E-state index in [2.05, 4.69) is 10.3 Å². The summed E-state index contributed by atoms with van der Waals surface area (Å²) in [6, 6.07) is 1.87. The van der Waals surface area contributed by atoms with E-state index < -0.39 is 0 Å². The van der Waals surface area contributed by atoms with Gasteiger partial charge in [0.15, 0.2) is 0 Å². The number of rotatable bonds is 4. The second kappa shape index (κ2) is 4.48. The highest BCUT2D eigenvalue weighted by molar-refractivity contribution is 5.95. The van der Waals surface area contributed by atoms with Gasteiger partial charge in [-0.1, -0.05) is 0 Å². The first-order valence-electron chi connectivity index (χ1n) is 5.55. The van der Waals surface area contributed by atoms with Gasteiger partial charge in [0, 0.05) is 25.0 Å². The molecule has 1 saturated carbocycles. The van der Waals surface area contributed by atoms with Gasteiger partial charge < -0.3 is 20.9 Å². The molecule has 2 amide bonds. The third-order valence-corrected chi connectivity index (χ3v) is 2.61. The van der Waals surface area contributed by atoms with Gasteiger partial charge in [0.1, 0.15) is 5.69 Å². The highest BCUT2D eigenvalue weighted by Gasteiger charge is 2.24. The third-order valence-electron chi connectivity index (χ3n) is 2.61. The van der Waals surface area contributed by atoms with E-state index in [0.717, 1.165) is 12.8 Å². The maximum atomic E-state index is 11.9. The number of amides is 2. The summed E-state index contributed by atoms with van der Waals surface area (Å²) in [5, 5.41) is 2.83. The van der Waals surface area contributed by atoms with Gasteiger partial charge in [-0.2, -0.15) is 0 Å². The molecule has 1 aromatic heterocycles. The lowest BCUT2D eigenvalue weighted by Crippen LogP contribution is -2.39. The number of nitrogens with two attached hydrogens (primary N) is 1. The maximum Gasteiger partial charge on any atom is 0.270 e. The molecule has 2 rings (SSSR count). The number of nitrogens with one attached hydrogen (secondary N) is 2. The Morgan fingerprint density at radius 3 is 2.82 bits per heavy atom. The Morgan fingerprint density at radius 1 is 1.59 bits per heavy atom. The zero-order valence-corrected chi connectivity index (χ0v) is 9.69. The molecular formula is C11H16N4O2. The Hall–Kier alpha value is -1.98. The van der Waals surface area contributed by atoms with Crippen molar-refractivity contribution in [3.05, 3.63) is 18.0 Å². The summed E-state index contributed by atoms with van der Waals surface area (Å²) < 4.78 is 0. The first-order valence-corrected chi connectivity index (χ1v) is 5.55. The number of aromatic nitrogens is 1. The molecule has 0 bridgehead atoms. The van der Waals surface area contributed by atoms with E-state index in [1.54, 1.807) is 19.3 Å². The normalized spacial score (nSPS) is 14.4. The first kappa shape index (κ1) is 11.5. The monoisotopic (exact) mass is 236 g/mol. The van der Waals surface area contributed by atoms with E-state index in [9.17, 15) is 9.59 Å². The number of anilines is 1. The summed E-state index contributed by atoms with van der Waals surface area (Å²) >= 11 is 0. The van der Waals surface area contributed by atoms with Crippen molar-refractivity contribution in [2.45, 2.75) is 18.9 Å². The minimum Gasteiger partial charge on any atom is -0.397 e. The van der Waals surface area contributed by atoms with Crippen molar-refractivity contribution in [3.63, 3.8) is 0 Å². The van der Waals surface area contributed by atoms with Crippen molar-refractivity contribution in [1.29, 1.82) is 0 Å². The topological polar surface area (TPSA) is 91.2 Å². The summed E-state index contributed by atoms with van der Waals surface area (Å²) in [6.07, 6.45) is 3.62. The number of hydrogen-bond donors (Lipinski definition) is 3. The van der Waals surface area contributed by atoms with E-state index in [4.69, 9.17) is 5.73 Å². The molecule has 1 aromatic rings. The predicted molar refractivity (Wildman–Crippen MR) is 63.3 cm³/mol. The predicted octanol–water partition coefficient (Wildman–Crippen LogP) is -0.0525. The van der Waals surface area contributed by atoms with E-state index in [1.165, 1.54) is 4.90 Å². The van der Waals surface area contributed by atoms with Crippen LogP contribution in [-0.4, -0.2) is 41.3 Å². The molecule has 17 heavy (non-hydrogen) atoms. The zero-order valence-electron chi connectivity index (χ0n) is 9.69. The molecule has 0 aromatic carbocycles. The molecule has 4 N–H and O–H groups in total. The van der Waals surface area contributed by atoms with Crippen LogP contribution in [0.5, 0.6) is 0 Å². The molecule has 1 aliphatic carbocycles. The zero-order chi connectivity index (χ0) is 12.4. The number of likely N-dealkylation sites (N-methyl/N-ethyl adjacent to an activating group) is 1. The number of aromatic amines is 1. The number of H-pyrrole nitrogens is 1. The largest absolute Gasteiger partial charge is 0.397 e. The molecule has 0 spiro atoms. The average Bonchev–Trinajstić information content (AvgIpc) is 2.96. The van der Waals surface area contributed by atoms with E-state index >= 15 is 0 Å². The maximum absolute atomic E-state index is 11.9. The van der Waals surface area contributed by atoms with Crippen LogP contribution in [0.3, 0.4) is 0 Å². The lowest BCUT2D eigenvalue weighted by atomic mass is 10.3. The molecule has 0 aliphatic heterocycles. The van der Waals surface area contributed by atoms with Gasteiger partial charge in [-0.25, -0.2) is 0 Å².